The lowest BCUT2D eigenvalue weighted by Gasteiger charge is -2.18. The Kier molecular flexibility index (Phi) is 62.1. The summed E-state index contributed by atoms with van der Waals surface area (Å²) in [5.74, 6) is -0.855. The summed E-state index contributed by atoms with van der Waals surface area (Å²) in [6.07, 6.45) is 78.9. The molecule has 0 bridgehead atoms. The summed E-state index contributed by atoms with van der Waals surface area (Å²) in [6, 6.07) is 0. The monoisotopic (exact) mass is 1050 g/mol. The second-order valence-corrected chi connectivity index (χ2v) is 22.7. The molecule has 0 rings (SSSR count). The minimum absolute atomic E-state index is 0.0690. The largest absolute Gasteiger partial charge is 0.462 e. The van der Waals surface area contributed by atoms with E-state index in [1.165, 1.54) is 257 Å². The minimum Gasteiger partial charge on any atom is -0.462 e. The zero-order valence-electron chi connectivity index (χ0n) is 50.6. The highest BCUT2D eigenvalue weighted by atomic mass is 16.6. The minimum atomic E-state index is -0.771. The van der Waals surface area contributed by atoms with Gasteiger partial charge in [0.2, 0.25) is 0 Å². The van der Waals surface area contributed by atoms with Gasteiger partial charge in [-0.3, -0.25) is 14.4 Å². The standard InChI is InChI=1S/C69H128O6/c1-4-7-10-13-16-19-22-24-26-27-28-29-30-31-32-33-34-35-36-37-38-39-40-41-43-44-47-50-53-56-59-62-68(71)74-65-66(64-73-67(70)61-58-55-52-49-46-21-18-15-12-9-6-3)75-69(72)63-60-57-54-51-48-45-42-25-23-20-17-14-11-8-5-2/h15,18,22,24,27-28,66H,4-14,16-17,19-21,23,25-26,29-65H2,1-3H3/b18-15-,24-22-,28-27-. The Morgan fingerprint density at radius 2 is 0.493 bits per heavy atom. The van der Waals surface area contributed by atoms with Crippen LogP contribution in [0, 0.1) is 0 Å². The van der Waals surface area contributed by atoms with E-state index < -0.39 is 6.10 Å². The fourth-order valence-electron chi connectivity index (χ4n) is 10.0. The van der Waals surface area contributed by atoms with Crippen LogP contribution in [-0.4, -0.2) is 37.2 Å². The van der Waals surface area contributed by atoms with E-state index >= 15 is 0 Å². The Morgan fingerprint density at radius 3 is 0.787 bits per heavy atom. The number of carbonyl (C=O) groups is 3. The van der Waals surface area contributed by atoms with Gasteiger partial charge in [0.05, 0.1) is 0 Å². The highest BCUT2D eigenvalue weighted by Gasteiger charge is 2.19. The number of allylic oxidation sites excluding steroid dienone is 6. The summed E-state index contributed by atoms with van der Waals surface area (Å²) in [5, 5.41) is 0. The molecule has 1 unspecified atom stereocenters. The van der Waals surface area contributed by atoms with Crippen molar-refractivity contribution in [2.45, 2.75) is 374 Å². The first-order valence-corrected chi connectivity index (χ1v) is 33.5. The van der Waals surface area contributed by atoms with Gasteiger partial charge in [-0.15, -0.1) is 0 Å². The number of carbonyl (C=O) groups excluding carboxylic acids is 3. The van der Waals surface area contributed by atoms with Gasteiger partial charge in [-0.1, -0.05) is 314 Å². The Hall–Kier alpha value is -2.37. The van der Waals surface area contributed by atoms with Gasteiger partial charge in [-0.2, -0.15) is 0 Å². The van der Waals surface area contributed by atoms with Crippen molar-refractivity contribution in [2.24, 2.45) is 0 Å². The van der Waals surface area contributed by atoms with Crippen LogP contribution in [0.4, 0.5) is 0 Å². The maximum absolute atomic E-state index is 12.9. The lowest BCUT2D eigenvalue weighted by Crippen LogP contribution is -2.30. The van der Waals surface area contributed by atoms with E-state index in [1.807, 2.05) is 0 Å². The van der Waals surface area contributed by atoms with Crippen LogP contribution in [0.2, 0.25) is 0 Å². The third-order valence-corrected chi connectivity index (χ3v) is 15.1. The van der Waals surface area contributed by atoms with Crippen LogP contribution in [0.25, 0.3) is 0 Å². The van der Waals surface area contributed by atoms with Crippen molar-refractivity contribution >= 4 is 17.9 Å². The van der Waals surface area contributed by atoms with E-state index in [4.69, 9.17) is 14.2 Å². The van der Waals surface area contributed by atoms with Crippen LogP contribution >= 0.6 is 0 Å². The molecule has 0 fully saturated rings. The molecule has 0 amide bonds. The molecule has 0 heterocycles. The average molecular weight is 1050 g/mol. The van der Waals surface area contributed by atoms with Crippen LogP contribution in [0.3, 0.4) is 0 Å². The van der Waals surface area contributed by atoms with E-state index in [-0.39, 0.29) is 31.1 Å². The van der Waals surface area contributed by atoms with Gasteiger partial charge in [0.15, 0.2) is 6.10 Å². The molecule has 75 heavy (non-hydrogen) atoms. The Balaban J connectivity index is 4.08. The molecule has 6 heteroatoms. The van der Waals surface area contributed by atoms with E-state index in [9.17, 15) is 14.4 Å². The Morgan fingerprint density at radius 1 is 0.267 bits per heavy atom. The topological polar surface area (TPSA) is 78.9 Å². The predicted molar refractivity (Wildman–Crippen MR) is 326 cm³/mol. The zero-order valence-corrected chi connectivity index (χ0v) is 50.6. The average Bonchev–Trinajstić information content (AvgIpc) is 3.41. The molecule has 440 valence electrons. The van der Waals surface area contributed by atoms with E-state index in [1.54, 1.807) is 0 Å². The molecule has 0 aliphatic rings. The maximum atomic E-state index is 12.9. The smallest absolute Gasteiger partial charge is 0.306 e. The molecule has 0 aromatic heterocycles. The molecule has 0 saturated heterocycles. The molecular formula is C69H128O6. The van der Waals surface area contributed by atoms with Crippen molar-refractivity contribution in [1.82, 2.24) is 0 Å². The molecule has 0 spiro atoms. The van der Waals surface area contributed by atoms with Gasteiger partial charge in [-0.05, 0) is 70.6 Å². The Bertz CT molecular complexity index is 1250. The van der Waals surface area contributed by atoms with Gasteiger partial charge in [0.1, 0.15) is 13.2 Å². The van der Waals surface area contributed by atoms with Crippen molar-refractivity contribution < 1.29 is 28.6 Å². The quantitative estimate of drug-likeness (QED) is 0.0261. The summed E-state index contributed by atoms with van der Waals surface area (Å²) in [7, 11) is 0. The van der Waals surface area contributed by atoms with Gasteiger partial charge in [0.25, 0.3) is 0 Å². The van der Waals surface area contributed by atoms with Crippen molar-refractivity contribution in [3.8, 4) is 0 Å². The SMILES string of the molecule is CCCC/C=C\CCCCCCCC(=O)OCC(COC(=O)CCCCCCCCCCCCCCCCCCCCC/C=C\C/C=C\CCCCCCC)OC(=O)CCCCCCCCCCCCCCCCC. The summed E-state index contributed by atoms with van der Waals surface area (Å²) >= 11 is 0. The molecular weight excluding hydrogens is 925 g/mol. The highest BCUT2D eigenvalue weighted by Crippen LogP contribution is 2.18. The van der Waals surface area contributed by atoms with Gasteiger partial charge < -0.3 is 14.2 Å². The molecule has 0 radical (unpaired) electrons. The highest BCUT2D eigenvalue weighted by molar-refractivity contribution is 5.71. The molecule has 0 aromatic rings. The van der Waals surface area contributed by atoms with Crippen molar-refractivity contribution in [3.05, 3.63) is 36.5 Å². The molecule has 0 saturated carbocycles. The molecule has 6 nitrogen and oxygen atoms in total. The predicted octanol–water partition coefficient (Wildman–Crippen LogP) is 22.8. The second-order valence-electron chi connectivity index (χ2n) is 22.7. The fraction of sp³-hybridized carbons (Fsp3) is 0.870. The zero-order chi connectivity index (χ0) is 54.3. The number of unbranched alkanes of at least 4 members (excludes halogenated alkanes) is 45. The first-order chi connectivity index (χ1) is 37.0. The van der Waals surface area contributed by atoms with Crippen LogP contribution < -0.4 is 0 Å². The number of hydrogen-bond donors (Lipinski definition) is 0. The Labute approximate surface area is 467 Å². The fourth-order valence-corrected chi connectivity index (χ4v) is 10.0. The number of rotatable bonds is 62. The molecule has 0 aliphatic carbocycles. The van der Waals surface area contributed by atoms with Gasteiger partial charge in [0, 0.05) is 19.3 Å². The van der Waals surface area contributed by atoms with Crippen molar-refractivity contribution in [3.63, 3.8) is 0 Å². The van der Waals surface area contributed by atoms with E-state index in [0.29, 0.717) is 19.3 Å². The third kappa shape index (κ3) is 62.4. The summed E-state index contributed by atoms with van der Waals surface area (Å²) < 4.78 is 16.9. The van der Waals surface area contributed by atoms with Crippen molar-refractivity contribution in [1.29, 1.82) is 0 Å². The lowest BCUT2D eigenvalue weighted by atomic mass is 10.0. The van der Waals surface area contributed by atoms with Crippen LogP contribution in [-0.2, 0) is 28.6 Å². The van der Waals surface area contributed by atoms with Crippen LogP contribution in [0.1, 0.15) is 367 Å². The summed E-state index contributed by atoms with van der Waals surface area (Å²) in [4.78, 5) is 38.2. The summed E-state index contributed by atoms with van der Waals surface area (Å²) in [5.41, 5.74) is 0. The third-order valence-electron chi connectivity index (χ3n) is 15.1. The van der Waals surface area contributed by atoms with Crippen LogP contribution in [0.15, 0.2) is 36.5 Å². The van der Waals surface area contributed by atoms with E-state index in [0.717, 1.165) is 70.6 Å². The number of hydrogen-bond acceptors (Lipinski definition) is 6. The second kappa shape index (κ2) is 64.2. The number of esters is 3. The van der Waals surface area contributed by atoms with Gasteiger partial charge >= 0.3 is 17.9 Å². The van der Waals surface area contributed by atoms with Crippen molar-refractivity contribution in [2.75, 3.05) is 13.2 Å². The normalized spacial score (nSPS) is 12.2. The number of ether oxygens (including phenoxy) is 3. The summed E-state index contributed by atoms with van der Waals surface area (Å²) in [6.45, 7) is 6.64. The molecule has 0 aromatic carbocycles. The first-order valence-electron chi connectivity index (χ1n) is 33.5. The molecule has 0 aliphatic heterocycles. The van der Waals surface area contributed by atoms with Crippen LogP contribution in [0.5, 0.6) is 0 Å². The molecule has 1 atom stereocenters. The maximum Gasteiger partial charge on any atom is 0.306 e. The van der Waals surface area contributed by atoms with Gasteiger partial charge in [-0.25, -0.2) is 0 Å². The molecule has 0 N–H and O–H groups in total. The van der Waals surface area contributed by atoms with E-state index in [2.05, 4.69) is 57.2 Å². The first kappa shape index (κ1) is 72.6. The lowest BCUT2D eigenvalue weighted by molar-refractivity contribution is -0.167.